The van der Waals surface area contributed by atoms with Crippen LogP contribution in [0.3, 0.4) is 0 Å². The van der Waals surface area contributed by atoms with Gasteiger partial charge in [-0.25, -0.2) is 0 Å². The molecular weight excluding hydrogens is 526 g/mol. The van der Waals surface area contributed by atoms with E-state index in [0.717, 1.165) is 24.3 Å². The minimum Gasteiger partial charge on any atom is -0.376 e. The molecule has 0 amide bonds. The molecule has 0 aromatic heterocycles. The Labute approximate surface area is 195 Å². The van der Waals surface area contributed by atoms with Crippen molar-refractivity contribution >= 4 is 31.4 Å². The van der Waals surface area contributed by atoms with E-state index in [4.69, 9.17) is 0 Å². The first-order valence-corrected chi connectivity index (χ1v) is 12.4. The van der Waals surface area contributed by atoms with Crippen molar-refractivity contribution in [3.63, 3.8) is 0 Å². The number of fused-ring (bicyclic) bond motifs is 4. The van der Waals surface area contributed by atoms with Crippen molar-refractivity contribution in [2.75, 3.05) is 0 Å². The minimum atomic E-state index is -5.95. The number of benzene rings is 2. The fourth-order valence-electron chi connectivity index (χ4n) is 4.21. The molecule has 0 bridgehead atoms. The van der Waals surface area contributed by atoms with E-state index in [2.05, 4.69) is 8.37 Å². The molecule has 2 aromatic rings. The van der Waals surface area contributed by atoms with Gasteiger partial charge < -0.3 is 8.37 Å². The van der Waals surface area contributed by atoms with Crippen LogP contribution < -0.4 is 8.37 Å². The summed E-state index contributed by atoms with van der Waals surface area (Å²) in [7, 11) is -11.9. The molecular formula is C21H14F6O6S2. The van der Waals surface area contributed by atoms with Crippen LogP contribution in [0.25, 0.3) is 11.1 Å². The lowest BCUT2D eigenvalue weighted by Gasteiger charge is -2.25. The average molecular weight is 540 g/mol. The maximum atomic E-state index is 12.8. The second-order valence-corrected chi connectivity index (χ2v) is 11.0. The zero-order chi connectivity index (χ0) is 26.2. The van der Waals surface area contributed by atoms with Gasteiger partial charge in [0.1, 0.15) is 11.5 Å². The van der Waals surface area contributed by atoms with Gasteiger partial charge in [-0.1, -0.05) is 24.3 Å². The highest BCUT2D eigenvalue weighted by atomic mass is 32.2. The Kier molecular flexibility index (Phi) is 5.38. The van der Waals surface area contributed by atoms with Crippen LogP contribution in [0.4, 0.5) is 26.3 Å². The van der Waals surface area contributed by atoms with Crippen molar-refractivity contribution in [1.29, 1.82) is 0 Å². The maximum Gasteiger partial charge on any atom is 0.534 e. The Bertz CT molecular complexity index is 1400. The van der Waals surface area contributed by atoms with E-state index in [9.17, 15) is 43.2 Å². The number of rotatable bonds is 4. The minimum absolute atomic E-state index is 0.291. The van der Waals surface area contributed by atoms with Crippen LogP contribution in [0.5, 0.6) is 11.5 Å². The average Bonchev–Trinajstić information content (AvgIpc) is 3.13. The van der Waals surface area contributed by atoms with E-state index in [1.165, 1.54) is 12.1 Å². The Balaban J connectivity index is 1.85. The quantitative estimate of drug-likeness (QED) is 0.299. The lowest BCUT2D eigenvalue weighted by Crippen LogP contribution is -2.28. The summed E-state index contributed by atoms with van der Waals surface area (Å²) in [6, 6.07) is 6.97. The summed E-state index contributed by atoms with van der Waals surface area (Å²) < 4.78 is 131. The molecule has 35 heavy (non-hydrogen) atoms. The predicted octanol–water partition coefficient (Wildman–Crippen LogP) is 5.26. The van der Waals surface area contributed by atoms with Crippen LogP contribution in [-0.2, 0) is 25.7 Å². The van der Waals surface area contributed by atoms with E-state index >= 15 is 0 Å². The van der Waals surface area contributed by atoms with Crippen LogP contribution in [-0.4, -0.2) is 27.9 Å². The number of alkyl halides is 6. The molecule has 0 saturated heterocycles. The van der Waals surface area contributed by atoms with E-state index in [-0.39, 0.29) is 0 Å². The molecule has 0 heterocycles. The van der Waals surface area contributed by atoms with Crippen molar-refractivity contribution in [3.8, 4) is 11.5 Å². The summed E-state index contributed by atoms with van der Waals surface area (Å²) in [5.41, 5.74) is -9.68. The molecule has 0 unspecified atom stereocenters. The topological polar surface area (TPSA) is 86.7 Å². The SMILES string of the molecule is CC1=CC2(C=C(C)c3ccc(OS(=O)(=O)C(F)(F)F)cc32)c2cc(OS(=O)(=O)C(F)(F)F)ccc21. The lowest BCUT2D eigenvalue weighted by atomic mass is 9.78. The standard InChI is InChI=1S/C21H14F6O6S2/c1-11-9-19(17-7-13(3-5-15(11)17)32-34(28,29)20(22,23)24)10-12(2)16-6-4-14(8-18(16)19)33-35(30,31)21(25,26)27/h3-10H,1-2H3. The molecule has 2 aliphatic rings. The number of allylic oxidation sites excluding steroid dienone is 4. The Morgan fingerprint density at radius 1 is 0.657 bits per heavy atom. The monoisotopic (exact) mass is 540 g/mol. The molecule has 1 spiro atoms. The van der Waals surface area contributed by atoms with Gasteiger partial charge in [0.25, 0.3) is 0 Å². The summed E-state index contributed by atoms with van der Waals surface area (Å²) in [6.45, 7) is 3.35. The third kappa shape index (κ3) is 3.97. The molecule has 2 aromatic carbocycles. The summed E-state index contributed by atoms with van der Waals surface area (Å²) >= 11 is 0. The number of hydrogen-bond donors (Lipinski definition) is 0. The van der Waals surface area contributed by atoms with Gasteiger partial charge in [-0.2, -0.15) is 43.2 Å². The fraction of sp³-hybridized carbons (Fsp3) is 0.238. The van der Waals surface area contributed by atoms with E-state index < -0.39 is 48.2 Å². The van der Waals surface area contributed by atoms with Crippen molar-refractivity contribution < 1.29 is 51.5 Å². The zero-order valence-electron chi connectivity index (χ0n) is 17.7. The first-order valence-electron chi connectivity index (χ1n) is 9.58. The predicted molar refractivity (Wildman–Crippen MR) is 112 cm³/mol. The molecule has 0 saturated carbocycles. The van der Waals surface area contributed by atoms with Crippen LogP contribution >= 0.6 is 0 Å². The van der Waals surface area contributed by atoms with Gasteiger partial charge in [-0.15, -0.1) is 0 Å². The summed E-state index contributed by atoms with van der Waals surface area (Å²) in [5.74, 6) is -1.26. The number of halogens is 6. The summed E-state index contributed by atoms with van der Waals surface area (Å²) in [4.78, 5) is 0. The first-order chi connectivity index (χ1) is 15.9. The van der Waals surface area contributed by atoms with Gasteiger partial charge >= 0.3 is 31.3 Å². The van der Waals surface area contributed by atoms with Crippen LogP contribution in [0.2, 0.25) is 0 Å². The van der Waals surface area contributed by atoms with Gasteiger partial charge in [0.05, 0.1) is 5.41 Å². The van der Waals surface area contributed by atoms with Crippen molar-refractivity contribution in [3.05, 3.63) is 70.8 Å². The highest BCUT2D eigenvalue weighted by Gasteiger charge is 2.50. The highest BCUT2D eigenvalue weighted by molar-refractivity contribution is 7.88. The Morgan fingerprint density at radius 3 is 1.31 bits per heavy atom. The first kappa shape index (κ1) is 25.1. The molecule has 2 aliphatic carbocycles. The molecule has 0 atom stereocenters. The van der Waals surface area contributed by atoms with Gasteiger partial charge in [0.15, 0.2) is 0 Å². The number of hydrogen-bond acceptors (Lipinski definition) is 6. The summed E-state index contributed by atoms with van der Waals surface area (Å²) in [5, 5.41) is 0. The Hall–Kier alpha value is -3.00. The highest BCUT2D eigenvalue weighted by Crippen LogP contribution is 2.54. The molecule has 0 N–H and O–H groups in total. The second kappa shape index (κ2) is 7.50. The van der Waals surface area contributed by atoms with Crippen molar-refractivity contribution in [1.82, 2.24) is 0 Å². The molecule has 6 nitrogen and oxygen atoms in total. The normalized spacial score (nSPS) is 17.0. The third-order valence-corrected chi connectivity index (χ3v) is 7.55. The molecule has 14 heteroatoms. The molecule has 188 valence electrons. The second-order valence-electron chi connectivity index (χ2n) is 7.90. The van der Waals surface area contributed by atoms with Gasteiger partial charge in [-0.05, 0) is 71.5 Å². The Morgan fingerprint density at radius 2 is 1.00 bits per heavy atom. The molecule has 0 radical (unpaired) electrons. The molecule has 0 fully saturated rings. The zero-order valence-corrected chi connectivity index (χ0v) is 19.3. The van der Waals surface area contributed by atoms with E-state index in [1.807, 2.05) is 0 Å². The summed E-state index contributed by atoms with van der Waals surface area (Å²) in [6.07, 6.45) is 3.36. The van der Waals surface area contributed by atoms with Gasteiger partial charge in [0, 0.05) is 0 Å². The van der Waals surface area contributed by atoms with Crippen LogP contribution in [0, 0.1) is 0 Å². The van der Waals surface area contributed by atoms with Crippen molar-refractivity contribution in [2.45, 2.75) is 30.3 Å². The lowest BCUT2D eigenvalue weighted by molar-refractivity contribution is -0.0504. The fourth-order valence-corrected chi connectivity index (χ4v) is 5.11. The van der Waals surface area contributed by atoms with E-state index in [1.54, 1.807) is 26.0 Å². The largest absolute Gasteiger partial charge is 0.534 e. The molecule has 4 rings (SSSR count). The van der Waals surface area contributed by atoms with Crippen molar-refractivity contribution in [2.24, 2.45) is 0 Å². The smallest absolute Gasteiger partial charge is 0.376 e. The van der Waals surface area contributed by atoms with Gasteiger partial charge in [-0.3, -0.25) is 0 Å². The van der Waals surface area contributed by atoms with Gasteiger partial charge in [0.2, 0.25) is 0 Å². The molecule has 0 aliphatic heterocycles. The van der Waals surface area contributed by atoms with Crippen LogP contribution in [0.1, 0.15) is 36.1 Å². The third-order valence-electron chi connectivity index (χ3n) is 5.59. The van der Waals surface area contributed by atoms with E-state index in [0.29, 0.717) is 33.4 Å². The van der Waals surface area contributed by atoms with Crippen LogP contribution in [0.15, 0.2) is 48.6 Å². The maximum absolute atomic E-state index is 12.8.